The molecule has 136 valence electrons. The van der Waals surface area contributed by atoms with Crippen LogP contribution in [0.15, 0.2) is 42.5 Å². The lowest BCUT2D eigenvalue weighted by molar-refractivity contribution is -0.108. The summed E-state index contributed by atoms with van der Waals surface area (Å²) in [7, 11) is 0. The van der Waals surface area contributed by atoms with Crippen molar-refractivity contribution in [2.24, 2.45) is 0 Å². The topological polar surface area (TPSA) is 56.1 Å². The largest absolute Gasteiger partial charge is 0.362 e. The molecule has 2 aromatic carbocycles. The van der Waals surface area contributed by atoms with Gasteiger partial charge in [0.1, 0.15) is 18.2 Å². The first kappa shape index (κ1) is 19.9. The zero-order valence-corrected chi connectivity index (χ0v) is 15.3. The van der Waals surface area contributed by atoms with E-state index in [1.807, 2.05) is 17.9 Å². The molecule has 0 amide bonds. The number of carbonyl (C=O) groups excluding carboxylic acids is 1. The molecule has 1 N–H and O–H groups in total. The highest BCUT2D eigenvalue weighted by atomic mass is 35.5. The number of rotatable bonds is 9. The van der Waals surface area contributed by atoms with Gasteiger partial charge in [-0.25, -0.2) is 4.39 Å². The van der Waals surface area contributed by atoms with Gasteiger partial charge in [0.15, 0.2) is 0 Å². The minimum atomic E-state index is -0.300. The number of carbonyl (C=O) groups is 1. The van der Waals surface area contributed by atoms with E-state index in [0.29, 0.717) is 35.7 Å². The summed E-state index contributed by atoms with van der Waals surface area (Å²) in [6.07, 6.45) is 1.15. The molecule has 0 aliphatic heterocycles. The molecule has 26 heavy (non-hydrogen) atoms. The Labute approximate surface area is 158 Å². The summed E-state index contributed by atoms with van der Waals surface area (Å²) in [6.45, 7) is 3.61. The van der Waals surface area contributed by atoms with Crippen LogP contribution in [0.1, 0.15) is 24.5 Å². The van der Waals surface area contributed by atoms with E-state index in [1.54, 1.807) is 36.4 Å². The molecule has 2 rings (SSSR count). The van der Waals surface area contributed by atoms with Crippen molar-refractivity contribution >= 4 is 23.6 Å². The predicted octanol–water partition coefficient (Wildman–Crippen LogP) is 3.92. The van der Waals surface area contributed by atoms with Gasteiger partial charge in [-0.05, 0) is 30.8 Å². The molecule has 0 heterocycles. The van der Waals surface area contributed by atoms with Crippen molar-refractivity contribution in [2.75, 3.05) is 18.0 Å². The highest BCUT2D eigenvalue weighted by molar-refractivity contribution is 6.32. The number of nitrogens with one attached hydrogen (secondary N) is 1. The van der Waals surface area contributed by atoms with E-state index in [1.165, 1.54) is 6.07 Å². The number of anilines is 1. The summed E-state index contributed by atoms with van der Waals surface area (Å²) < 4.78 is 14.2. The lowest BCUT2D eigenvalue weighted by Gasteiger charge is -2.33. The van der Waals surface area contributed by atoms with E-state index in [0.717, 1.165) is 18.5 Å². The van der Waals surface area contributed by atoms with Gasteiger partial charge in [0, 0.05) is 36.8 Å². The third-order valence-corrected chi connectivity index (χ3v) is 4.46. The maximum atomic E-state index is 14.2. The van der Waals surface area contributed by atoms with Crippen LogP contribution in [0.3, 0.4) is 0 Å². The maximum Gasteiger partial charge on any atom is 0.128 e. The Kier molecular flexibility index (Phi) is 7.58. The molecule has 0 saturated carbocycles. The number of hydrogen-bond acceptors (Lipinski definition) is 4. The molecule has 6 heteroatoms. The molecule has 0 radical (unpaired) electrons. The van der Waals surface area contributed by atoms with Crippen molar-refractivity contribution in [3.8, 4) is 6.07 Å². The fourth-order valence-corrected chi connectivity index (χ4v) is 2.97. The third kappa shape index (κ3) is 5.04. The molecule has 0 unspecified atom stereocenters. The standard InChI is InChI=1S/C20H21ClFN3O/c1-2-24-13-18(9-10-26)25(14-16-5-3-4-6-20(16)22)17-8-7-15(12-23)19(21)11-17/h3-8,10-11,18,24H,2,9,13-14H2,1H3/t18-/m0/s1. The quantitative estimate of drug-likeness (QED) is 0.677. The Morgan fingerprint density at radius 3 is 2.73 bits per heavy atom. The van der Waals surface area contributed by atoms with Crippen LogP contribution in [0.5, 0.6) is 0 Å². The number of nitrogens with zero attached hydrogens (tertiary/aromatic N) is 2. The van der Waals surface area contributed by atoms with Crippen LogP contribution in [0, 0.1) is 17.1 Å². The second-order valence-electron chi connectivity index (χ2n) is 5.86. The molecule has 0 aliphatic carbocycles. The maximum absolute atomic E-state index is 14.2. The van der Waals surface area contributed by atoms with Crippen molar-refractivity contribution in [3.05, 3.63) is 64.4 Å². The van der Waals surface area contributed by atoms with Crippen LogP contribution in [-0.2, 0) is 11.3 Å². The molecule has 0 spiro atoms. The van der Waals surface area contributed by atoms with Crippen molar-refractivity contribution in [1.82, 2.24) is 5.32 Å². The summed E-state index contributed by atoms with van der Waals surface area (Å²) in [5.41, 5.74) is 1.64. The Bertz CT molecular complexity index is 791. The van der Waals surface area contributed by atoms with E-state index in [-0.39, 0.29) is 11.9 Å². The van der Waals surface area contributed by atoms with Gasteiger partial charge >= 0.3 is 0 Å². The molecular formula is C20H21ClFN3O. The van der Waals surface area contributed by atoms with Crippen molar-refractivity contribution in [1.29, 1.82) is 5.26 Å². The van der Waals surface area contributed by atoms with E-state index < -0.39 is 0 Å². The van der Waals surface area contributed by atoms with Crippen LogP contribution >= 0.6 is 11.6 Å². The SMILES string of the molecule is CCNC[C@H](CC=O)N(Cc1ccccc1F)c1ccc(C#N)c(Cl)c1. The Morgan fingerprint density at radius 2 is 2.12 bits per heavy atom. The van der Waals surface area contributed by atoms with Crippen LogP contribution in [0.25, 0.3) is 0 Å². The number of aldehydes is 1. The normalized spacial score (nSPS) is 11.6. The number of benzene rings is 2. The lowest BCUT2D eigenvalue weighted by atomic mass is 10.1. The van der Waals surface area contributed by atoms with Crippen molar-refractivity contribution in [3.63, 3.8) is 0 Å². The first-order chi connectivity index (χ1) is 12.6. The second kappa shape index (κ2) is 9.91. The molecule has 0 saturated heterocycles. The summed E-state index contributed by atoms with van der Waals surface area (Å²) >= 11 is 6.19. The number of likely N-dealkylation sites (N-methyl/N-ethyl adjacent to an activating group) is 1. The van der Waals surface area contributed by atoms with Crippen LogP contribution in [-0.4, -0.2) is 25.4 Å². The smallest absolute Gasteiger partial charge is 0.128 e. The molecule has 4 nitrogen and oxygen atoms in total. The highest BCUT2D eigenvalue weighted by Crippen LogP contribution is 2.27. The van der Waals surface area contributed by atoms with Gasteiger partial charge in [-0.15, -0.1) is 0 Å². The van der Waals surface area contributed by atoms with Crippen LogP contribution < -0.4 is 10.2 Å². The minimum absolute atomic E-state index is 0.170. The Morgan fingerprint density at radius 1 is 1.35 bits per heavy atom. The zero-order chi connectivity index (χ0) is 18.9. The van der Waals surface area contributed by atoms with E-state index in [2.05, 4.69) is 5.32 Å². The summed E-state index contributed by atoms with van der Waals surface area (Å²) in [5.74, 6) is -0.300. The van der Waals surface area contributed by atoms with Crippen molar-refractivity contribution < 1.29 is 9.18 Å². The summed E-state index contributed by atoms with van der Waals surface area (Å²) in [4.78, 5) is 13.2. The van der Waals surface area contributed by atoms with E-state index in [4.69, 9.17) is 16.9 Å². The summed E-state index contributed by atoms with van der Waals surface area (Å²) in [6, 6.07) is 13.5. The monoisotopic (exact) mass is 373 g/mol. The van der Waals surface area contributed by atoms with Gasteiger partial charge < -0.3 is 15.0 Å². The molecule has 1 atom stereocenters. The van der Waals surface area contributed by atoms with Gasteiger partial charge in [-0.3, -0.25) is 0 Å². The molecule has 0 bridgehead atoms. The predicted molar refractivity (Wildman–Crippen MR) is 102 cm³/mol. The molecular weight excluding hydrogens is 353 g/mol. The fraction of sp³-hybridized carbons (Fsp3) is 0.300. The average Bonchev–Trinajstić information content (AvgIpc) is 2.64. The molecule has 2 aromatic rings. The molecule has 0 fully saturated rings. The third-order valence-electron chi connectivity index (χ3n) is 4.14. The van der Waals surface area contributed by atoms with Gasteiger partial charge in [-0.2, -0.15) is 5.26 Å². The highest BCUT2D eigenvalue weighted by Gasteiger charge is 2.21. The number of nitriles is 1. The lowest BCUT2D eigenvalue weighted by Crippen LogP contribution is -2.42. The zero-order valence-electron chi connectivity index (χ0n) is 14.6. The van der Waals surface area contributed by atoms with Gasteiger partial charge in [0.05, 0.1) is 10.6 Å². The first-order valence-corrected chi connectivity index (χ1v) is 8.82. The second-order valence-corrected chi connectivity index (χ2v) is 6.27. The van der Waals surface area contributed by atoms with Gasteiger partial charge in [0.25, 0.3) is 0 Å². The van der Waals surface area contributed by atoms with E-state index >= 15 is 0 Å². The Balaban J connectivity index is 2.42. The fourth-order valence-electron chi connectivity index (χ4n) is 2.76. The van der Waals surface area contributed by atoms with Crippen molar-refractivity contribution in [2.45, 2.75) is 25.9 Å². The Hall–Kier alpha value is -2.42. The van der Waals surface area contributed by atoms with Crippen LogP contribution in [0.2, 0.25) is 5.02 Å². The average molecular weight is 374 g/mol. The molecule has 0 aromatic heterocycles. The van der Waals surface area contributed by atoms with Gasteiger partial charge in [0.2, 0.25) is 0 Å². The number of hydrogen-bond donors (Lipinski definition) is 1. The minimum Gasteiger partial charge on any atom is -0.362 e. The summed E-state index contributed by atoms with van der Waals surface area (Å²) in [5, 5.41) is 12.6. The molecule has 0 aliphatic rings. The van der Waals surface area contributed by atoms with E-state index in [9.17, 15) is 9.18 Å². The first-order valence-electron chi connectivity index (χ1n) is 8.44. The van der Waals surface area contributed by atoms with Crippen LogP contribution in [0.4, 0.5) is 10.1 Å². The van der Waals surface area contributed by atoms with Gasteiger partial charge in [-0.1, -0.05) is 36.7 Å². The number of halogens is 2.